The van der Waals surface area contributed by atoms with Crippen LogP contribution >= 0.6 is 15.9 Å². The first-order valence-corrected chi connectivity index (χ1v) is 8.70. The van der Waals surface area contributed by atoms with Crippen molar-refractivity contribution in [3.8, 4) is 0 Å². The molecule has 0 aromatic heterocycles. The van der Waals surface area contributed by atoms with Crippen molar-refractivity contribution in [2.75, 3.05) is 38.6 Å². The fourth-order valence-electron chi connectivity index (χ4n) is 2.41. The minimum absolute atomic E-state index is 0.255. The van der Waals surface area contributed by atoms with E-state index in [1.165, 1.54) is 22.1 Å². The van der Waals surface area contributed by atoms with Crippen LogP contribution in [-0.4, -0.2) is 44.7 Å². The number of anilines is 1. The van der Waals surface area contributed by atoms with Crippen LogP contribution in [0.1, 0.15) is 32.3 Å². The van der Waals surface area contributed by atoms with Crippen molar-refractivity contribution in [2.24, 2.45) is 5.73 Å². The van der Waals surface area contributed by atoms with Crippen LogP contribution < -0.4 is 10.6 Å². The fraction of sp³-hybridized carbons (Fsp3) is 0.647. The first kappa shape index (κ1) is 18.5. The van der Waals surface area contributed by atoms with Crippen molar-refractivity contribution in [3.63, 3.8) is 0 Å². The smallest absolute Gasteiger partial charge is 0.0510 e. The minimum atomic E-state index is 0.255. The van der Waals surface area contributed by atoms with Gasteiger partial charge in [-0.15, -0.1) is 0 Å². The number of halogens is 1. The van der Waals surface area contributed by atoms with Crippen LogP contribution in [0.25, 0.3) is 0 Å². The number of nitrogens with two attached hydrogens (primary N) is 1. The molecule has 1 unspecified atom stereocenters. The van der Waals surface area contributed by atoms with Crippen LogP contribution in [0.5, 0.6) is 0 Å². The predicted octanol–water partition coefficient (Wildman–Crippen LogP) is 3.51. The van der Waals surface area contributed by atoms with E-state index in [2.05, 4.69) is 71.9 Å². The van der Waals surface area contributed by atoms with Crippen molar-refractivity contribution in [3.05, 3.63) is 28.2 Å². The highest BCUT2D eigenvalue weighted by Crippen LogP contribution is 2.28. The van der Waals surface area contributed by atoms with Gasteiger partial charge in [0, 0.05) is 23.6 Å². The summed E-state index contributed by atoms with van der Waals surface area (Å²) in [6, 6.07) is 6.91. The molecule has 3 nitrogen and oxygen atoms in total. The highest BCUT2D eigenvalue weighted by Gasteiger charge is 2.10. The van der Waals surface area contributed by atoms with Crippen LogP contribution in [0.4, 0.5) is 5.69 Å². The van der Waals surface area contributed by atoms with Gasteiger partial charge in [-0.05, 0) is 80.5 Å². The number of rotatable bonds is 9. The van der Waals surface area contributed by atoms with Gasteiger partial charge in [0.1, 0.15) is 0 Å². The Bertz CT molecular complexity index is 420. The maximum absolute atomic E-state index is 6.04. The largest absolute Gasteiger partial charge is 0.371 e. The van der Waals surface area contributed by atoms with E-state index in [0.717, 1.165) is 32.5 Å². The maximum Gasteiger partial charge on any atom is 0.0510 e. The maximum atomic E-state index is 6.04. The van der Waals surface area contributed by atoms with Gasteiger partial charge < -0.3 is 15.5 Å². The molecule has 0 aliphatic carbocycles. The normalized spacial score (nSPS) is 12.7. The van der Waals surface area contributed by atoms with E-state index in [1.807, 2.05) is 0 Å². The third-order valence-electron chi connectivity index (χ3n) is 3.79. The summed E-state index contributed by atoms with van der Waals surface area (Å²) in [5.74, 6) is 0. The second-order valence-electron chi connectivity index (χ2n) is 5.89. The van der Waals surface area contributed by atoms with Crippen molar-refractivity contribution in [1.82, 2.24) is 4.90 Å². The molecular weight excluding hydrogens is 326 g/mol. The molecule has 0 aliphatic heterocycles. The molecule has 1 atom stereocenters. The fourth-order valence-corrected chi connectivity index (χ4v) is 3.08. The summed E-state index contributed by atoms with van der Waals surface area (Å²) in [6.07, 6.45) is 3.14. The molecular formula is C17H30BrN3. The topological polar surface area (TPSA) is 32.5 Å². The summed E-state index contributed by atoms with van der Waals surface area (Å²) in [5.41, 5.74) is 8.63. The van der Waals surface area contributed by atoms with Crippen molar-refractivity contribution in [1.29, 1.82) is 0 Å². The van der Waals surface area contributed by atoms with Gasteiger partial charge in [-0.25, -0.2) is 0 Å². The molecule has 0 aliphatic rings. The Hall–Kier alpha value is -0.580. The lowest BCUT2D eigenvalue weighted by Gasteiger charge is -2.25. The first-order chi connectivity index (χ1) is 9.97. The van der Waals surface area contributed by atoms with Crippen LogP contribution in [0, 0.1) is 0 Å². The Labute approximate surface area is 138 Å². The molecule has 1 rings (SSSR count). The summed E-state index contributed by atoms with van der Waals surface area (Å²) >= 11 is 3.73. The van der Waals surface area contributed by atoms with Gasteiger partial charge in [-0.3, -0.25) is 0 Å². The van der Waals surface area contributed by atoms with E-state index in [1.54, 1.807) is 0 Å². The number of benzene rings is 1. The Morgan fingerprint density at radius 2 is 1.90 bits per heavy atom. The molecule has 4 heteroatoms. The summed E-state index contributed by atoms with van der Waals surface area (Å²) < 4.78 is 1.18. The van der Waals surface area contributed by atoms with E-state index < -0.39 is 0 Å². The van der Waals surface area contributed by atoms with Gasteiger partial charge in [0.25, 0.3) is 0 Å². The third-order valence-corrected chi connectivity index (χ3v) is 4.43. The van der Waals surface area contributed by atoms with Gasteiger partial charge in [0.15, 0.2) is 0 Å². The van der Waals surface area contributed by atoms with Gasteiger partial charge in [0.05, 0.1) is 5.69 Å². The average Bonchev–Trinajstić information content (AvgIpc) is 2.44. The van der Waals surface area contributed by atoms with E-state index in [4.69, 9.17) is 5.73 Å². The highest BCUT2D eigenvalue weighted by molar-refractivity contribution is 9.10. The average molecular weight is 356 g/mol. The van der Waals surface area contributed by atoms with Gasteiger partial charge in [-0.1, -0.05) is 13.0 Å². The van der Waals surface area contributed by atoms with E-state index >= 15 is 0 Å². The van der Waals surface area contributed by atoms with Gasteiger partial charge >= 0.3 is 0 Å². The third kappa shape index (κ3) is 6.37. The standard InChI is InChI=1S/C17H30BrN3/c1-5-15(19)12-14-8-9-17(16(18)13-14)21(6-2)11-7-10-20(3)4/h8-9,13,15H,5-7,10-12,19H2,1-4H3. The summed E-state index contributed by atoms with van der Waals surface area (Å²) in [6.45, 7) is 7.58. The SMILES string of the molecule is CCC(N)Cc1ccc(N(CC)CCCN(C)C)c(Br)c1. The molecule has 0 spiro atoms. The van der Waals surface area contributed by atoms with E-state index in [9.17, 15) is 0 Å². The van der Waals surface area contributed by atoms with Gasteiger partial charge in [0.2, 0.25) is 0 Å². The Kier molecular flexibility index (Phi) is 8.30. The minimum Gasteiger partial charge on any atom is -0.371 e. The lowest BCUT2D eigenvalue weighted by molar-refractivity contribution is 0.400. The van der Waals surface area contributed by atoms with Crippen LogP contribution in [0.2, 0.25) is 0 Å². The molecule has 0 bridgehead atoms. The second kappa shape index (κ2) is 9.44. The summed E-state index contributed by atoms with van der Waals surface area (Å²) in [4.78, 5) is 4.66. The molecule has 21 heavy (non-hydrogen) atoms. The lowest BCUT2D eigenvalue weighted by Crippen LogP contribution is -2.27. The molecule has 0 amide bonds. The molecule has 0 radical (unpaired) electrons. The summed E-state index contributed by atoms with van der Waals surface area (Å²) in [7, 11) is 4.25. The Balaban J connectivity index is 2.71. The zero-order chi connectivity index (χ0) is 15.8. The molecule has 1 aromatic rings. The van der Waals surface area contributed by atoms with Crippen molar-refractivity contribution >= 4 is 21.6 Å². The van der Waals surface area contributed by atoms with Crippen LogP contribution in [-0.2, 0) is 6.42 Å². The number of hydrogen-bond donors (Lipinski definition) is 1. The van der Waals surface area contributed by atoms with E-state index in [0.29, 0.717) is 0 Å². The molecule has 120 valence electrons. The second-order valence-corrected chi connectivity index (χ2v) is 6.75. The molecule has 0 fully saturated rings. The van der Waals surface area contributed by atoms with Crippen LogP contribution in [0.3, 0.4) is 0 Å². The van der Waals surface area contributed by atoms with E-state index in [-0.39, 0.29) is 6.04 Å². The zero-order valence-electron chi connectivity index (χ0n) is 13.9. The summed E-state index contributed by atoms with van der Waals surface area (Å²) in [5, 5.41) is 0. The van der Waals surface area contributed by atoms with Crippen LogP contribution in [0.15, 0.2) is 22.7 Å². The van der Waals surface area contributed by atoms with Crippen molar-refractivity contribution < 1.29 is 0 Å². The number of hydrogen-bond acceptors (Lipinski definition) is 3. The number of nitrogens with zero attached hydrogens (tertiary/aromatic N) is 2. The Morgan fingerprint density at radius 3 is 2.43 bits per heavy atom. The Morgan fingerprint density at radius 1 is 1.19 bits per heavy atom. The lowest BCUT2D eigenvalue weighted by atomic mass is 10.0. The first-order valence-electron chi connectivity index (χ1n) is 7.91. The quantitative estimate of drug-likeness (QED) is 0.735. The highest BCUT2D eigenvalue weighted by atomic mass is 79.9. The molecule has 2 N–H and O–H groups in total. The van der Waals surface area contributed by atoms with Gasteiger partial charge in [-0.2, -0.15) is 0 Å². The zero-order valence-corrected chi connectivity index (χ0v) is 15.5. The molecule has 0 saturated carbocycles. The molecule has 0 saturated heterocycles. The monoisotopic (exact) mass is 355 g/mol. The predicted molar refractivity (Wildman–Crippen MR) is 97.2 cm³/mol. The molecule has 1 aromatic carbocycles. The van der Waals surface area contributed by atoms with Crippen molar-refractivity contribution in [2.45, 2.75) is 39.2 Å². The molecule has 0 heterocycles.